The highest BCUT2D eigenvalue weighted by Crippen LogP contribution is 2.28. The number of nitrogens with zero attached hydrogens (tertiary/aromatic N) is 2. The van der Waals surface area contributed by atoms with Crippen molar-refractivity contribution in [2.75, 3.05) is 0 Å². The normalized spacial score (nSPS) is 10.1. The summed E-state index contributed by atoms with van der Waals surface area (Å²) in [6.07, 6.45) is 0. The Labute approximate surface area is 117 Å². The molecule has 0 radical (unpaired) electrons. The molecular weight excluding hydrogens is 297 g/mol. The highest BCUT2D eigenvalue weighted by molar-refractivity contribution is 6.31. The molecule has 0 bridgehead atoms. The van der Waals surface area contributed by atoms with Crippen LogP contribution in [0, 0.1) is 23.1 Å². The van der Waals surface area contributed by atoms with Gasteiger partial charge in [0.05, 0.1) is 16.7 Å². The molecule has 0 N–H and O–H groups in total. The van der Waals surface area contributed by atoms with Crippen LogP contribution in [0.4, 0.5) is 8.78 Å². The van der Waals surface area contributed by atoms with Crippen LogP contribution in [0.3, 0.4) is 0 Å². The highest BCUT2D eigenvalue weighted by atomic mass is 35.5. The minimum Gasteiger partial charge on any atom is -0.436 e. The van der Waals surface area contributed by atoms with E-state index < -0.39 is 22.7 Å². The van der Waals surface area contributed by atoms with Crippen molar-refractivity contribution in [3.8, 4) is 17.7 Å². The van der Waals surface area contributed by atoms with E-state index >= 15 is 0 Å². The lowest BCUT2D eigenvalue weighted by Gasteiger charge is -2.07. The minimum atomic E-state index is -1.05. The number of hydrogen-bond donors (Lipinski definition) is 0. The van der Waals surface area contributed by atoms with Crippen molar-refractivity contribution in [1.29, 1.82) is 5.26 Å². The molecule has 3 nitrogen and oxygen atoms in total. The van der Waals surface area contributed by atoms with E-state index in [0.29, 0.717) is 0 Å². The zero-order valence-corrected chi connectivity index (χ0v) is 10.6. The van der Waals surface area contributed by atoms with Gasteiger partial charge >= 0.3 is 0 Å². The van der Waals surface area contributed by atoms with Crippen molar-refractivity contribution in [2.45, 2.75) is 0 Å². The average molecular weight is 301 g/mol. The molecule has 19 heavy (non-hydrogen) atoms. The van der Waals surface area contributed by atoms with Crippen LogP contribution in [0.2, 0.25) is 10.0 Å². The molecule has 0 aliphatic carbocycles. The van der Waals surface area contributed by atoms with Gasteiger partial charge in [-0.05, 0) is 18.2 Å². The topological polar surface area (TPSA) is 45.9 Å². The first-order valence-corrected chi connectivity index (χ1v) is 5.65. The average Bonchev–Trinajstić information content (AvgIpc) is 2.35. The fraction of sp³-hybridized carbons (Fsp3) is 0. The molecule has 0 saturated heterocycles. The predicted molar refractivity (Wildman–Crippen MR) is 65.4 cm³/mol. The monoisotopic (exact) mass is 300 g/mol. The molecule has 96 valence electrons. The highest BCUT2D eigenvalue weighted by Gasteiger charge is 2.13. The fourth-order valence-electron chi connectivity index (χ4n) is 1.30. The Balaban J connectivity index is 2.39. The van der Waals surface area contributed by atoms with Gasteiger partial charge in [0.25, 0.3) is 5.88 Å². The number of pyridine rings is 1. The van der Waals surface area contributed by atoms with E-state index in [1.165, 1.54) is 18.2 Å². The zero-order valence-electron chi connectivity index (χ0n) is 9.12. The van der Waals surface area contributed by atoms with Gasteiger partial charge in [0, 0.05) is 11.1 Å². The van der Waals surface area contributed by atoms with Crippen LogP contribution < -0.4 is 4.74 Å². The first-order valence-electron chi connectivity index (χ1n) is 4.89. The number of ether oxygens (including phenoxy) is 1. The summed E-state index contributed by atoms with van der Waals surface area (Å²) in [5, 5.41) is 8.53. The van der Waals surface area contributed by atoms with Gasteiger partial charge < -0.3 is 4.74 Å². The van der Waals surface area contributed by atoms with Gasteiger partial charge in [-0.25, -0.2) is 4.39 Å². The van der Waals surface area contributed by atoms with Crippen molar-refractivity contribution in [3.05, 3.63) is 51.6 Å². The summed E-state index contributed by atoms with van der Waals surface area (Å²) in [4.78, 5) is 3.23. The molecular formula is C12H4Cl2F2N2O. The van der Waals surface area contributed by atoms with Gasteiger partial charge in [0.15, 0.2) is 5.82 Å². The van der Waals surface area contributed by atoms with E-state index in [1.54, 1.807) is 0 Å². The summed E-state index contributed by atoms with van der Waals surface area (Å²) in [6.45, 7) is 0. The minimum absolute atomic E-state index is 0.0668. The maximum atomic E-state index is 13.5. The number of aromatic nitrogens is 1. The van der Waals surface area contributed by atoms with Gasteiger partial charge in [0.1, 0.15) is 5.75 Å². The van der Waals surface area contributed by atoms with E-state index in [4.69, 9.17) is 33.2 Å². The molecule has 1 heterocycles. The second kappa shape index (κ2) is 5.39. The molecule has 0 amide bonds. The van der Waals surface area contributed by atoms with E-state index in [2.05, 4.69) is 4.98 Å². The standard InChI is InChI=1S/C12H4Cl2F2N2O/c13-7-1-6(5-17)2-8(3-7)19-12-10(15)4-9(14)11(16)18-12/h1-4H. The molecule has 0 atom stereocenters. The molecule has 0 fully saturated rings. The molecule has 2 aromatic rings. The zero-order chi connectivity index (χ0) is 14.0. The molecule has 0 unspecified atom stereocenters. The molecule has 1 aromatic heterocycles. The summed E-state index contributed by atoms with van der Waals surface area (Å²) < 4.78 is 31.6. The summed E-state index contributed by atoms with van der Waals surface area (Å²) in [5.41, 5.74) is 0.220. The van der Waals surface area contributed by atoms with Gasteiger partial charge in [-0.15, -0.1) is 0 Å². The van der Waals surface area contributed by atoms with Crippen molar-refractivity contribution in [2.24, 2.45) is 0 Å². The molecule has 0 aliphatic rings. The largest absolute Gasteiger partial charge is 0.436 e. The van der Waals surface area contributed by atoms with Crippen molar-refractivity contribution in [3.63, 3.8) is 0 Å². The second-order valence-corrected chi connectivity index (χ2v) is 4.28. The molecule has 7 heteroatoms. The number of halogens is 4. The maximum Gasteiger partial charge on any atom is 0.258 e. The van der Waals surface area contributed by atoms with Gasteiger partial charge in [-0.3, -0.25) is 0 Å². The Morgan fingerprint density at radius 2 is 1.89 bits per heavy atom. The Bertz CT molecular complexity index is 686. The summed E-state index contributed by atoms with van der Waals surface area (Å²) in [6, 6.07) is 6.67. The number of benzene rings is 1. The van der Waals surface area contributed by atoms with Crippen molar-refractivity contribution < 1.29 is 13.5 Å². The smallest absolute Gasteiger partial charge is 0.258 e. The van der Waals surface area contributed by atoms with Gasteiger partial charge in [-0.2, -0.15) is 14.6 Å². The van der Waals surface area contributed by atoms with E-state index in [9.17, 15) is 8.78 Å². The lowest BCUT2D eigenvalue weighted by molar-refractivity contribution is 0.407. The second-order valence-electron chi connectivity index (χ2n) is 3.44. The van der Waals surface area contributed by atoms with E-state index in [-0.39, 0.29) is 16.3 Å². The Morgan fingerprint density at radius 1 is 1.16 bits per heavy atom. The van der Waals surface area contributed by atoms with Crippen molar-refractivity contribution in [1.82, 2.24) is 4.98 Å². The van der Waals surface area contributed by atoms with Gasteiger partial charge in [0.2, 0.25) is 5.95 Å². The molecule has 2 rings (SSSR count). The third-order valence-corrected chi connectivity index (χ3v) is 2.55. The van der Waals surface area contributed by atoms with Crippen LogP contribution in [0.1, 0.15) is 5.56 Å². The molecule has 1 aromatic carbocycles. The number of hydrogen-bond acceptors (Lipinski definition) is 3. The van der Waals surface area contributed by atoms with Crippen LogP contribution in [0.25, 0.3) is 0 Å². The molecule has 0 aliphatic heterocycles. The first-order chi connectivity index (χ1) is 8.99. The van der Waals surface area contributed by atoms with Crippen LogP contribution >= 0.6 is 23.2 Å². The third-order valence-electron chi connectivity index (χ3n) is 2.07. The Morgan fingerprint density at radius 3 is 2.58 bits per heavy atom. The summed E-state index contributed by atoms with van der Waals surface area (Å²) in [5.74, 6) is -2.50. The fourth-order valence-corrected chi connectivity index (χ4v) is 1.66. The van der Waals surface area contributed by atoms with E-state index in [1.807, 2.05) is 6.07 Å². The molecule has 0 spiro atoms. The van der Waals surface area contributed by atoms with Crippen molar-refractivity contribution >= 4 is 23.2 Å². The predicted octanol–water partition coefficient (Wildman–Crippen LogP) is 4.33. The lowest BCUT2D eigenvalue weighted by atomic mass is 10.2. The first kappa shape index (κ1) is 13.5. The maximum absolute atomic E-state index is 13.5. The number of nitriles is 1. The third kappa shape index (κ3) is 3.11. The Hall–Kier alpha value is -1.90. The van der Waals surface area contributed by atoms with Crippen LogP contribution in [-0.2, 0) is 0 Å². The lowest BCUT2D eigenvalue weighted by Crippen LogP contribution is -1.96. The van der Waals surface area contributed by atoms with Crippen LogP contribution in [0.15, 0.2) is 24.3 Å². The SMILES string of the molecule is N#Cc1cc(Cl)cc(Oc2nc(F)c(Cl)cc2F)c1. The van der Waals surface area contributed by atoms with E-state index in [0.717, 1.165) is 6.07 Å². The van der Waals surface area contributed by atoms with Crippen LogP contribution in [-0.4, -0.2) is 4.98 Å². The molecule has 0 saturated carbocycles. The van der Waals surface area contributed by atoms with Gasteiger partial charge in [-0.1, -0.05) is 23.2 Å². The Kier molecular flexibility index (Phi) is 3.84. The number of rotatable bonds is 2. The summed E-state index contributed by atoms with van der Waals surface area (Å²) in [7, 11) is 0. The summed E-state index contributed by atoms with van der Waals surface area (Å²) >= 11 is 11.1. The van der Waals surface area contributed by atoms with Crippen LogP contribution in [0.5, 0.6) is 11.6 Å². The quantitative estimate of drug-likeness (QED) is 0.775.